The molecule has 1 atom stereocenters. The minimum Gasteiger partial charge on any atom is -0.489 e. The van der Waals surface area contributed by atoms with Crippen LogP contribution in [-0.4, -0.2) is 49.8 Å². The Balaban J connectivity index is 1.81. The first kappa shape index (κ1) is 15.1. The smallest absolute Gasteiger partial charge is 0.240 e. The third-order valence-corrected chi connectivity index (χ3v) is 4.55. The van der Waals surface area contributed by atoms with Crippen LogP contribution in [-0.2, 0) is 9.53 Å². The fraction of sp³-hybridized carbons (Fsp3) is 0.471. The predicted molar refractivity (Wildman–Crippen MR) is 84.5 cm³/mol. The third-order valence-electron chi connectivity index (χ3n) is 4.55. The predicted octanol–water partition coefficient (Wildman–Crippen LogP) is 1.43. The molecule has 0 bridgehead atoms. The number of nitrogens with zero attached hydrogens (tertiary/aromatic N) is 1. The average molecular weight is 302 g/mol. The molecule has 1 amide bonds. The summed E-state index contributed by atoms with van der Waals surface area (Å²) in [5, 5.41) is 0. The zero-order valence-electron chi connectivity index (χ0n) is 12.9. The number of hydrogen-bond acceptors (Lipinski definition) is 4. The van der Waals surface area contributed by atoms with Crippen LogP contribution < -0.4 is 10.5 Å². The number of para-hydroxylation sites is 1. The van der Waals surface area contributed by atoms with Crippen LogP contribution in [0, 0.1) is 0 Å². The van der Waals surface area contributed by atoms with Crippen LogP contribution in [0.1, 0.15) is 18.4 Å². The van der Waals surface area contributed by atoms with Crippen LogP contribution in [0.4, 0.5) is 0 Å². The summed E-state index contributed by atoms with van der Waals surface area (Å²) in [6.07, 6.45) is 3.85. The van der Waals surface area contributed by atoms with Crippen molar-refractivity contribution in [2.24, 2.45) is 5.73 Å². The van der Waals surface area contributed by atoms with Crippen molar-refractivity contribution in [2.75, 3.05) is 33.4 Å². The zero-order valence-corrected chi connectivity index (χ0v) is 12.9. The van der Waals surface area contributed by atoms with Crippen LogP contribution in [0.5, 0.6) is 5.75 Å². The van der Waals surface area contributed by atoms with Gasteiger partial charge in [0, 0.05) is 19.2 Å². The van der Waals surface area contributed by atoms with Crippen LogP contribution in [0.15, 0.2) is 29.8 Å². The number of amides is 1. The molecule has 1 fully saturated rings. The van der Waals surface area contributed by atoms with Crippen molar-refractivity contribution in [3.8, 4) is 5.75 Å². The molecule has 3 rings (SSSR count). The Bertz CT molecular complexity index is 599. The molecular formula is C17H22N2O3. The molecule has 22 heavy (non-hydrogen) atoms. The third kappa shape index (κ3) is 2.62. The maximum absolute atomic E-state index is 12.0. The van der Waals surface area contributed by atoms with E-state index in [2.05, 4.69) is 11.0 Å². The second kappa shape index (κ2) is 6.10. The van der Waals surface area contributed by atoms with Crippen molar-refractivity contribution >= 4 is 12.0 Å². The summed E-state index contributed by atoms with van der Waals surface area (Å²) in [4.78, 5) is 14.2. The molecule has 2 heterocycles. The minimum absolute atomic E-state index is 0.301. The fourth-order valence-corrected chi connectivity index (χ4v) is 3.42. The second-order valence-electron chi connectivity index (χ2n) is 5.98. The molecule has 1 saturated heterocycles. The van der Waals surface area contributed by atoms with Crippen LogP contribution in [0.25, 0.3) is 6.08 Å². The fourth-order valence-electron chi connectivity index (χ4n) is 3.42. The number of ether oxygens (including phenoxy) is 2. The quantitative estimate of drug-likeness (QED) is 0.893. The van der Waals surface area contributed by atoms with E-state index in [-0.39, 0.29) is 5.91 Å². The Morgan fingerprint density at radius 3 is 3.05 bits per heavy atom. The molecule has 2 N–H and O–H groups in total. The molecular weight excluding hydrogens is 280 g/mol. The standard InChI is InChI=1S/C17H22N2O3/c1-21-12-17(16(18)20)7-4-8-19(17)10-13-9-14-5-2-3-6-15(14)22-11-13/h2-3,5-6,9H,4,7-8,10-12H2,1H3,(H2,18,20). The van der Waals surface area contributed by atoms with Gasteiger partial charge < -0.3 is 15.2 Å². The van der Waals surface area contributed by atoms with Crippen molar-refractivity contribution in [2.45, 2.75) is 18.4 Å². The number of primary amides is 1. The number of carbonyl (C=O) groups is 1. The van der Waals surface area contributed by atoms with Gasteiger partial charge in [0.2, 0.25) is 5.91 Å². The summed E-state index contributed by atoms with van der Waals surface area (Å²) in [5.74, 6) is 0.607. The molecule has 5 heteroatoms. The van der Waals surface area contributed by atoms with Gasteiger partial charge in [-0.05, 0) is 37.1 Å². The number of likely N-dealkylation sites (tertiary alicyclic amines) is 1. The van der Waals surface area contributed by atoms with Gasteiger partial charge in [-0.25, -0.2) is 0 Å². The van der Waals surface area contributed by atoms with Gasteiger partial charge in [0.05, 0.1) is 6.61 Å². The Morgan fingerprint density at radius 2 is 2.27 bits per heavy atom. The molecule has 0 aliphatic carbocycles. The van der Waals surface area contributed by atoms with Crippen molar-refractivity contribution < 1.29 is 14.3 Å². The minimum atomic E-state index is -0.688. The summed E-state index contributed by atoms with van der Waals surface area (Å²) in [6.45, 7) is 2.42. The van der Waals surface area contributed by atoms with Gasteiger partial charge in [0.15, 0.2) is 0 Å². The summed E-state index contributed by atoms with van der Waals surface area (Å²) in [6, 6.07) is 7.97. The number of methoxy groups -OCH3 is 1. The van der Waals surface area contributed by atoms with Gasteiger partial charge in [0.25, 0.3) is 0 Å². The SMILES string of the molecule is COCC1(C(N)=O)CCCN1CC1=Cc2ccccc2OC1. The molecule has 1 unspecified atom stereocenters. The highest BCUT2D eigenvalue weighted by Crippen LogP contribution is 2.32. The van der Waals surface area contributed by atoms with Gasteiger partial charge in [-0.1, -0.05) is 18.2 Å². The summed E-state index contributed by atoms with van der Waals surface area (Å²) in [5.41, 5.74) is 7.23. The Hall–Kier alpha value is -1.85. The molecule has 1 aromatic rings. The Morgan fingerprint density at radius 1 is 1.45 bits per heavy atom. The molecule has 0 spiro atoms. The highest BCUT2D eigenvalue weighted by Gasteiger charge is 2.46. The molecule has 0 aromatic heterocycles. The van der Waals surface area contributed by atoms with E-state index in [1.54, 1.807) is 7.11 Å². The lowest BCUT2D eigenvalue weighted by atomic mass is 9.95. The number of hydrogen-bond donors (Lipinski definition) is 1. The van der Waals surface area contributed by atoms with Crippen LogP contribution >= 0.6 is 0 Å². The molecule has 118 valence electrons. The van der Waals surface area contributed by atoms with Crippen molar-refractivity contribution in [1.82, 2.24) is 4.90 Å². The Kier molecular flexibility index (Phi) is 4.18. The van der Waals surface area contributed by atoms with Crippen molar-refractivity contribution in [3.05, 3.63) is 35.4 Å². The number of benzene rings is 1. The Labute approximate surface area is 130 Å². The van der Waals surface area contributed by atoms with E-state index in [1.807, 2.05) is 24.3 Å². The lowest BCUT2D eigenvalue weighted by Gasteiger charge is -2.36. The second-order valence-corrected chi connectivity index (χ2v) is 5.98. The van der Waals surface area contributed by atoms with Gasteiger partial charge >= 0.3 is 0 Å². The molecule has 1 aromatic carbocycles. The van der Waals surface area contributed by atoms with E-state index in [9.17, 15) is 4.79 Å². The first-order valence-corrected chi connectivity index (χ1v) is 7.61. The van der Waals surface area contributed by atoms with Gasteiger partial charge in [-0.15, -0.1) is 0 Å². The largest absolute Gasteiger partial charge is 0.489 e. The normalized spacial score (nSPS) is 24.5. The zero-order chi connectivity index (χ0) is 15.6. The molecule has 2 aliphatic heterocycles. The molecule has 5 nitrogen and oxygen atoms in total. The van der Waals surface area contributed by atoms with Crippen molar-refractivity contribution in [3.63, 3.8) is 0 Å². The lowest BCUT2D eigenvalue weighted by Crippen LogP contribution is -2.57. The highest BCUT2D eigenvalue weighted by atomic mass is 16.5. The summed E-state index contributed by atoms with van der Waals surface area (Å²) in [7, 11) is 1.61. The topological polar surface area (TPSA) is 64.8 Å². The number of fused-ring (bicyclic) bond motifs is 1. The van der Waals surface area contributed by atoms with Crippen molar-refractivity contribution in [1.29, 1.82) is 0 Å². The number of rotatable bonds is 5. The maximum Gasteiger partial charge on any atom is 0.240 e. The van der Waals surface area contributed by atoms with Gasteiger partial charge in [0.1, 0.15) is 17.9 Å². The summed E-state index contributed by atoms with van der Waals surface area (Å²) >= 11 is 0. The van der Waals surface area contributed by atoms with Gasteiger partial charge in [-0.2, -0.15) is 0 Å². The van der Waals surface area contributed by atoms with Gasteiger partial charge in [-0.3, -0.25) is 9.69 Å². The summed E-state index contributed by atoms with van der Waals surface area (Å²) < 4.78 is 11.1. The molecule has 0 saturated carbocycles. The average Bonchev–Trinajstić information content (AvgIpc) is 2.91. The number of carbonyl (C=O) groups excluding carboxylic acids is 1. The van der Waals surface area contributed by atoms with E-state index in [1.165, 1.54) is 0 Å². The molecule has 2 aliphatic rings. The highest BCUT2D eigenvalue weighted by molar-refractivity contribution is 5.85. The van der Waals surface area contributed by atoms with E-state index in [0.29, 0.717) is 19.8 Å². The van der Waals surface area contributed by atoms with E-state index < -0.39 is 5.54 Å². The first-order valence-electron chi connectivity index (χ1n) is 7.61. The lowest BCUT2D eigenvalue weighted by molar-refractivity contribution is -0.131. The molecule has 0 radical (unpaired) electrons. The first-order chi connectivity index (χ1) is 10.7. The van der Waals surface area contributed by atoms with Crippen LogP contribution in [0.2, 0.25) is 0 Å². The van der Waals surface area contributed by atoms with Crippen LogP contribution in [0.3, 0.4) is 0 Å². The van der Waals surface area contributed by atoms with E-state index >= 15 is 0 Å². The number of nitrogens with two attached hydrogens (primary N) is 1. The van der Waals surface area contributed by atoms with E-state index in [4.69, 9.17) is 15.2 Å². The maximum atomic E-state index is 12.0. The van der Waals surface area contributed by atoms with E-state index in [0.717, 1.165) is 36.3 Å². The monoisotopic (exact) mass is 302 g/mol.